The van der Waals surface area contributed by atoms with Crippen molar-refractivity contribution in [1.29, 1.82) is 0 Å². The topological polar surface area (TPSA) is 75.2 Å². The van der Waals surface area contributed by atoms with Crippen molar-refractivity contribution in [2.45, 2.75) is 12.6 Å². The Morgan fingerprint density at radius 3 is 2.38 bits per heavy atom. The highest BCUT2D eigenvalue weighted by atomic mass is 32.1. The summed E-state index contributed by atoms with van der Waals surface area (Å²) >= 11 is 1.22. The lowest BCUT2D eigenvalue weighted by molar-refractivity contribution is -0.141. The first kappa shape index (κ1) is 19.4. The van der Waals surface area contributed by atoms with Crippen LogP contribution in [0, 0.1) is 23.7 Å². The molecule has 3 aliphatic rings. The first-order chi connectivity index (χ1) is 15.3. The molecule has 32 heavy (non-hydrogen) atoms. The van der Waals surface area contributed by atoms with Crippen LogP contribution in [0.3, 0.4) is 0 Å². The third-order valence-corrected chi connectivity index (χ3v) is 7.38. The van der Waals surface area contributed by atoms with E-state index >= 15 is 0 Å². The van der Waals surface area contributed by atoms with Gasteiger partial charge in [0.15, 0.2) is 5.13 Å². The number of benzene rings is 1. The fourth-order valence-corrected chi connectivity index (χ4v) is 6.02. The van der Waals surface area contributed by atoms with Gasteiger partial charge >= 0.3 is 6.18 Å². The number of thiazole rings is 1. The summed E-state index contributed by atoms with van der Waals surface area (Å²) in [5.41, 5.74) is 0.436. The lowest BCUT2D eigenvalue weighted by Gasteiger charge is -2.14. The Balaban J connectivity index is 1.29. The van der Waals surface area contributed by atoms with Crippen molar-refractivity contribution in [3.63, 3.8) is 0 Å². The highest BCUT2D eigenvalue weighted by Crippen LogP contribution is 2.53. The quantitative estimate of drug-likeness (QED) is 0.454. The molecule has 2 aromatic heterocycles. The number of nitrogens with one attached hydrogen (secondary N) is 1. The third kappa shape index (κ3) is 2.85. The van der Waals surface area contributed by atoms with Crippen molar-refractivity contribution in [3.8, 4) is 0 Å². The first-order valence-electron chi connectivity index (χ1n) is 10.1. The molecule has 1 N–H and O–H groups in total. The molecule has 1 saturated heterocycles. The van der Waals surface area contributed by atoms with Crippen molar-refractivity contribution >= 4 is 49.9 Å². The van der Waals surface area contributed by atoms with E-state index in [2.05, 4.69) is 15.3 Å². The first-order valence-corrected chi connectivity index (χ1v) is 10.9. The largest absolute Gasteiger partial charge is 0.433 e. The van der Waals surface area contributed by atoms with Crippen LogP contribution in [0.2, 0.25) is 0 Å². The number of fused-ring (bicyclic) bond motifs is 6. The molecule has 162 valence electrons. The number of halogens is 3. The van der Waals surface area contributed by atoms with Crippen LogP contribution in [0.1, 0.15) is 12.1 Å². The SMILES string of the molecule is O=C1[C@@H]2C3C=CC(C3)[C@@H]2C(=O)N1c1nc2ccc(Nc3ccnc(C(F)(F)F)c3)cc2s1. The molecule has 2 aliphatic carbocycles. The third-order valence-electron chi connectivity index (χ3n) is 6.38. The van der Waals surface area contributed by atoms with Gasteiger partial charge < -0.3 is 5.32 Å². The molecule has 6 rings (SSSR count). The number of carbonyl (C=O) groups excluding carboxylic acids is 2. The number of imide groups is 1. The number of hydrogen-bond donors (Lipinski definition) is 1. The molecule has 2 bridgehead atoms. The van der Waals surface area contributed by atoms with Crippen LogP contribution in [0.15, 0.2) is 48.7 Å². The number of anilines is 3. The second kappa shape index (κ2) is 6.61. The number of amides is 2. The van der Waals surface area contributed by atoms with Gasteiger partial charge in [-0.05, 0) is 48.6 Å². The van der Waals surface area contributed by atoms with Crippen LogP contribution in [0.4, 0.5) is 29.7 Å². The molecule has 2 amide bonds. The Labute approximate surface area is 183 Å². The van der Waals surface area contributed by atoms with Crippen molar-refractivity contribution in [2.75, 3.05) is 10.2 Å². The molecule has 3 aromatic rings. The highest BCUT2D eigenvalue weighted by Gasteiger charge is 2.60. The Kier molecular flexibility index (Phi) is 4.01. The molecule has 3 heterocycles. The number of rotatable bonds is 3. The maximum absolute atomic E-state index is 13.0. The highest BCUT2D eigenvalue weighted by molar-refractivity contribution is 7.22. The van der Waals surface area contributed by atoms with E-state index in [0.29, 0.717) is 21.0 Å². The van der Waals surface area contributed by atoms with Crippen LogP contribution >= 0.6 is 11.3 Å². The lowest BCUT2D eigenvalue weighted by Crippen LogP contribution is -2.32. The summed E-state index contributed by atoms with van der Waals surface area (Å²) in [5.74, 6) is -0.721. The zero-order chi connectivity index (χ0) is 22.2. The van der Waals surface area contributed by atoms with Gasteiger partial charge in [0.25, 0.3) is 0 Å². The molecule has 6 nitrogen and oxygen atoms in total. The van der Waals surface area contributed by atoms with E-state index in [1.807, 2.05) is 12.2 Å². The maximum atomic E-state index is 13.0. The second-order valence-electron chi connectivity index (χ2n) is 8.24. The van der Waals surface area contributed by atoms with Crippen LogP contribution < -0.4 is 10.2 Å². The molecular formula is C22H15F3N4O2S. The molecule has 0 spiro atoms. The average molecular weight is 456 g/mol. The maximum Gasteiger partial charge on any atom is 0.433 e. The van der Waals surface area contributed by atoms with Gasteiger partial charge in [0.05, 0.1) is 22.1 Å². The summed E-state index contributed by atoms with van der Waals surface area (Å²) < 4.78 is 39.4. The number of pyridine rings is 1. The van der Waals surface area contributed by atoms with Crippen LogP contribution in [-0.2, 0) is 15.8 Å². The van der Waals surface area contributed by atoms with Gasteiger partial charge in [0.2, 0.25) is 11.8 Å². The zero-order valence-electron chi connectivity index (χ0n) is 16.3. The minimum atomic E-state index is -4.53. The van der Waals surface area contributed by atoms with E-state index in [4.69, 9.17) is 0 Å². The van der Waals surface area contributed by atoms with Crippen LogP contribution in [0.5, 0.6) is 0 Å². The van der Waals surface area contributed by atoms with Crippen molar-refractivity contribution < 1.29 is 22.8 Å². The zero-order valence-corrected chi connectivity index (χ0v) is 17.2. The summed E-state index contributed by atoms with van der Waals surface area (Å²) in [6.07, 6.45) is 1.51. The standard InChI is InChI=1S/C22H15F3N4O2S/c23-22(24,25)16-9-13(5-6-26-16)27-12-3-4-14-15(8-12)32-21(28-14)29-19(30)17-10-1-2-11(7-10)18(17)20(29)31/h1-6,8-11,17-18H,7H2,(H,26,27)/t10?,11?,17-,18+. The summed E-state index contributed by atoms with van der Waals surface area (Å²) in [4.78, 5) is 35.1. The Bertz CT molecular complexity index is 1290. The molecule has 10 heteroatoms. The van der Waals surface area contributed by atoms with Gasteiger partial charge in [-0.2, -0.15) is 13.2 Å². The summed E-state index contributed by atoms with van der Waals surface area (Å²) in [6, 6.07) is 7.51. The Hall–Kier alpha value is -3.27. The minimum Gasteiger partial charge on any atom is -0.355 e. The van der Waals surface area contributed by atoms with Crippen LogP contribution in [-0.4, -0.2) is 21.8 Å². The molecular weight excluding hydrogens is 441 g/mol. The molecule has 0 radical (unpaired) electrons. The van der Waals surface area contributed by atoms with Gasteiger partial charge in [0.1, 0.15) is 5.69 Å². The van der Waals surface area contributed by atoms with Gasteiger partial charge in [0, 0.05) is 17.6 Å². The normalized spacial score (nSPS) is 26.4. The molecule has 1 aromatic carbocycles. The smallest absolute Gasteiger partial charge is 0.355 e. The van der Waals surface area contributed by atoms with Crippen LogP contribution in [0.25, 0.3) is 10.2 Å². The lowest BCUT2D eigenvalue weighted by atomic mass is 9.85. The molecule has 2 fully saturated rings. The number of carbonyl (C=O) groups is 2. The fraction of sp³-hybridized carbons (Fsp3) is 0.273. The number of aromatic nitrogens is 2. The van der Waals surface area contributed by atoms with E-state index in [0.717, 1.165) is 18.7 Å². The summed E-state index contributed by atoms with van der Waals surface area (Å²) in [5, 5.41) is 3.28. The van der Waals surface area contributed by atoms with Gasteiger partial charge in [-0.1, -0.05) is 23.5 Å². The summed E-state index contributed by atoms with van der Waals surface area (Å²) in [6.45, 7) is 0. The average Bonchev–Trinajstić information content (AvgIpc) is 3.50. The van der Waals surface area contributed by atoms with Gasteiger partial charge in [-0.25, -0.2) is 9.88 Å². The van der Waals surface area contributed by atoms with Crippen molar-refractivity contribution in [1.82, 2.24) is 9.97 Å². The van der Waals surface area contributed by atoms with E-state index in [1.54, 1.807) is 18.2 Å². The van der Waals surface area contributed by atoms with E-state index in [9.17, 15) is 22.8 Å². The monoisotopic (exact) mass is 456 g/mol. The predicted octanol–water partition coefficient (Wildman–Crippen LogP) is 4.77. The fourth-order valence-electron chi connectivity index (χ4n) is 5.01. The molecule has 1 aliphatic heterocycles. The number of alkyl halides is 3. The van der Waals surface area contributed by atoms with Crippen molar-refractivity contribution in [3.05, 3.63) is 54.4 Å². The number of nitrogens with zero attached hydrogens (tertiary/aromatic N) is 3. The Morgan fingerprint density at radius 1 is 1.00 bits per heavy atom. The molecule has 2 unspecified atom stereocenters. The second-order valence-corrected chi connectivity index (χ2v) is 9.25. The predicted molar refractivity (Wildman–Crippen MR) is 112 cm³/mol. The van der Waals surface area contributed by atoms with Gasteiger partial charge in [-0.15, -0.1) is 0 Å². The number of hydrogen-bond acceptors (Lipinski definition) is 6. The Morgan fingerprint density at radius 2 is 1.69 bits per heavy atom. The van der Waals surface area contributed by atoms with E-state index in [1.165, 1.54) is 22.3 Å². The summed E-state index contributed by atoms with van der Waals surface area (Å²) in [7, 11) is 0. The molecule has 4 atom stereocenters. The minimum absolute atomic E-state index is 0.124. The molecule has 1 saturated carbocycles. The van der Waals surface area contributed by atoms with E-state index < -0.39 is 11.9 Å². The van der Waals surface area contributed by atoms with Crippen molar-refractivity contribution in [2.24, 2.45) is 23.7 Å². The van der Waals surface area contributed by atoms with E-state index in [-0.39, 0.29) is 41.2 Å². The van der Waals surface area contributed by atoms with Gasteiger partial charge in [-0.3, -0.25) is 14.6 Å². The number of allylic oxidation sites excluding steroid dienone is 2.